The summed E-state index contributed by atoms with van der Waals surface area (Å²) in [6.07, 6.45) is 6.44. The van der Waals surface area contributed by atoms with Crippen molar-refractivity contribution in [2.75, 3.05) is 43.4 Å². The Balaban J connectivity index is 1.26. The average Bonchev–Trinajstić information content (AvgIpc) is 3.38. The maximum absolute atomic E-state index is 15.7. The van der Waals surface area contributed by atoms with E-state index < -0.39 is 17.6 Å². The van der Waals surface area contributed by atoms with Crippen LogP contribution in [-0.2, 0) is 29.8 Å². The second-order valence-electron chi connectivity index (χ2n) is 12.8. The minimum Gasteiger partial charge on any atom is -0.461 e. The van der Waals surface area contributed by atoms with Crippen molar-refractivity contribution in [3.05, 3.63) is 39.3 Å². The number of rotatable bonds is 4. The van der Waals surface area contributed by atoms with Crippen molar-refractivity contribution in [1.29, 1.82) is 5.26 Å². The maximum atomic E-state index is 15.7. The van der Waals surface area contributed by atoms with E-state index in [9.17, 15) is 9.65 Å². The number of nitrogen functional groups attached to an aromatic ring is 1. The smallest absolute Gasteiger partial charge is 0.318 e. The van der Waals surface area contributed by atoms with Gasteiger partial charge in [0.15, 0.2) is 5.82 Å². The lowest BCUT2D eigenvalue weighted by atomic mass is 9.74. The van der Waals surface area contributed by atoms with E-state index in [1.165, 1.54) is 6.07 Å². The van der Waals surface area contributed by atoms with Crippen molar-refractivity contribution in [1.82, 2.24) is 14.9 Å². The fourth-order valence-electron chi connectivity index (χ4n) is 8.13. The molecular weight excluding hydrogens is 562 g/mol. The highest BCUT2D eigenvalue weighted by Crippen LogP contribution is 2.49. The first-order chi connectivity index (χ1) is 20.3. The predicted molar refractivity (Wildman–Crippen MR) is 155 cm³/mol. The first-order valence-electron chi connectivity index (χ1n) is 15.3. The summed E-state index contributed by atoms with van der Waals surface area (Å²) in [5.41, 5.74) is 7.62. The van der Waals surface area contributed by atoms with Gasteiger partial charge in [-0.25, -0.2) is 8.78 Å². The van der Waals surface area contributed by atoms with Crippen LogP contribution in [0.15, 0.2) is 6.07 Å². The number of benzene rings is 1. The summed E-state index contributed by atoms with van der Waals surface area (Å²) in [7, 11) is 0. The Morgan fingerprint density at radius 3 is 2.90 bits per heavy atom. The Morgan fingerprint density at radius 1 is 1.17 bits per heavy atom. The highest BCUT2D eigenvalue weighted by molar-refractivity contribution is 6.31. The number of nitrogens with two attached hydrogens (primary N) is 1. The zero-order valence-electron chi connectivity index (χ0n) is 23.8. The molecule has 0 bridgehead atoms. The molecule has 5 heterocycles. The van der Waals surface area contributed by atoms with Crippen molar-refractivity contribution in [3.63, 3.8) is 0 Å². The SMILES string of the molecule is N#C[C@@H]1CCCN(c2nc(OC[C@@]34CCCN3C[C@H](F)C4)nc3c2CO[C@@]2(CCCc4c(Cl)cc(N)c(F)c42)C3)CC1. The average molecular weight is 599 g/mol. The number of hydrogen-bond donors (Lipinski definition) is 1. The number of fused-ring (bicyclic) bond motifs is 4. The Hall–Kier alpha value is -2.74. The first-order valence-corrected chi connectivity index (χ1v) is 15.7. The number of anilines is 2. The molecule has 11 heteroatoms. The lowest BCUT2D eigenvalue weighted by molar-refractivity contribution is -0.0876. The van der Waals surface area contributed by atoms with Crippen LogP contribution in [-0.4, -0.2) is 59.4 Å². The van der Waals surface area contributed by atoms with E-state index in [1.807, 2.05) is 0 Å². The molecule has 1 aliphatic carbocycles. The highest BCUT2D eigenvalue weighted by atomic mass is 35.5. The molecule has 5 aliphatic rings. The van der Waals surface area contributed by atoms with Gasteiger partial charge in [-0.1, -0.05) is 11.6 Å². The fraction of sp³-hybridized carbons (Fsp3) is 0.645. The van der Waals surface area contributed by atoms with Crippen LogP contribution in [0.1, 0.15) is 73.8 Å². The second-order valence-corrected chi connectivity index (χ2v) is 13.2. The zero-order valence-corrected chi connectivity index (χ0v) is 24.6. The Morgan fingerprint density at radius 2 is 2.05 bits per heavy atom. The Labute approximate surface area is 250 Å². The quantitative estimate of drug-likeness (QED) is 0.477. The topological polar surface area (TPSA) is 101 Å². The van der Waals surface area contributed by atoms with Crippen molar-refractivity contribution in [2.24, 2.45) is 5.92 Å². The number of ether oxygens (including phenoxy) is 2. The van der Waals surface area contributed by atoms with Crippen molar-refractivity contribution >= 4 is 23.1 Å². The normalized spacial score (nSPS) is 30.9. The van der Waals surface area contributed by atoms with E-state index in [4.69, 9.17) is 36.8 Å². The van der Waals surface area contributed by atoms with Crippen LogP contribution in [0.2, 0.25) is 5.02 Å². The van der Waals surface area contributed by atoms with Gasteiger partial charge in [-0.05, 0) is 69.5 Å². The van der Waals surface area contributed by atoms with Gasteiger partial charge in [0.25, 0.3) is 0 Å². The summed E-state index contributed by atoms with van der Waals surface area (Å²) in [5.74, 6) is 0.296. The molecule has 2 aromatic rings. The number of nitrogens with zero attached hydrogens (tertiary/aromatic N) is 5. The summed E-state index contributed by atoms with van der Waals surface area (Å²) < 4.78 is 43.1. The van der Waals surface area contributed by atoms with Crippen LogP contribution in [0.5, 0.6) is 6.01 Å². The number of alkyl halides is 1. The van der Waals surface area contributed by atoms with Gasteiger partial charge >= 0.3 is 6.01 Å². The lowest BCUT2D eigenvalue weighted by Crippen LogP contribution is -2.44. The van der Waals surface area contributed by atoms with Crippen LogP contribution in [0.25, 0.3) is 0 Å². The molecule has 8 nitrogen and oxygen atoms in total. The molecule has 42 heavy (non-hydrogen) atoms. The van der Waals surface area contributed by atoms with Gasteiger partial charge in [0, 0.05) is 54.5 Å². The molecule has 1 aromatic carbocycles. The van der Waals surface area contributed by atoms with Crippen LogP contribution in [0.4, 0.5) is 20.3 Å². The van der Waals surface area contributed by atoms with Gasteiger partial charge in [0.05, 0.1) is 29.6 Å². The minimum atomic E-state index is -0.939. The number of hydrogen-bond acceptors (Lipinski definition) is 8. The van der Waals surface area contributed by atoms with E-state index in [1.54, 1.807) is 0 Å². The molecule has 4 atom stereocenters. The summed E-state index contributed by atoms with van der Waals surface area (Å²) in [5, 5.41) is 10.0. The third-order valence-electron chi connectivity index (χ3n) is 10.2. The van der Waals surface area contributed by atoms with Crippen molar-refractivity contribution < 1.29 is 18.3 Å². The Bertz CT molecular complexity index is 1440. The largest absolute Gasteiger partial charge is 0.461 e. The van der Waals surface area contributed by atoms with E-state index >= 15 is 4.39 Å². The third kappa shape index (κ3) is 4.68. The van der Waals surface area contributed by atoms with E-state index in [0.717, 1.165) is 74.3 Å². The summed E-state index contributed by atoms with van der Waals surface area (Å²) >= 11 is 6.56. The van der Waals surface area contributed by atoms with Crippen LogP contribution in [0, 0.1) is 23.1 Å². The molecule has 7 rings (SSSR count). The van der Waals surface area contributed by atoms with Crippen LogP contribution < -0.4 is 15.4 Å². The molecule has 0 unspecified atom stereocenters. The van der Waals surface area contributed by atoms with E-state index in [2.05, 4.69) is 15.9 Å². The predicted octanol–water partition coefficient (Wildman–Crippen LogP) is 5.24. The maximum Gasteiger partial charge on any atom is 0.318 e. The van der Waals surface area contributed by atoms with Gasteiger partial charge in [0.2, 0.25) is 0 Å². The third-order valence-corrected chi connectivity index (χ3v) is 10.6. The molecular formula is C31H37ClF2N6O2. The minimum absolute atomic E-state index is 0.0153. The second kappa shape index (κ2) is 10.8. The van der Waals surface area contributed by atoms with Crippen molar-refractivity contribution in [2.45, 2.75) is 88.1 Å². The first kappa shape index (κ1) is 28.1. The molecule has 1 spiro atoms. The van der Waals surface area contributed by atoms with Gasteiger partial charge in [-0.3, -0.25) is 4.90 Å². The van der Waals surface area contributed by atoms with Crippen LogP contribution in [0.3, 0.4) is 0 Å². The highest BCUT2D eigenvalue weighted by Gasteiger charge is 2.50. The summed E-state index contributed by atoms with van der Waals surface area (Å²) in [6.45, 7) is 3.33. The number of nitriles is 1. The Kier molecular flexibility index (Phi) is 7.19. The molecule has 0 saturated carbocycles. The van der Waals surface area contributed by atoms with Gasteiger partial charge in [0.1, 0.15) is 24.2 Å². The summed E-state index contributed by atoms with van der Waals surface area (Å²) in [4.78, 5) is 14.3. The van der Waals surface area contributed by atoms with E-state index in [0.29, 0.717) is 56.0 Å². The van der Waals surface area contributed by atoms with Gasteiger partial charge in [-0.2, -0.15) is 15.2 Å². The molecule has 1 aromatic heterocycles. The number of halogens is 3. The lowest BCUT2D eigenvalue weighted by Gasteiger charge is -2.43. The van der Waals surface area contributed by atoms with Gasteiger partial charge in [-0.15, -0.1) is 0 Å². The van der Waals surface area contributed by atoms with Crippen LogP contribution >= 0.6 is 11.6 Å². The summed E-state index contributed by atoms with van der Waals surface area (Å²) in [6, 6.07) is 4.17. The van der Waals surface area contributed by atoms with Crippen molar-refractivity contribution in [3.8, 4) is 12.1 Å². The molecule has 224 valence electrons. The zero-order chi connectivity index (χ0) is 29.1. The molecule has 3 fully saturated rings. The molecule has 0 radical (unpaired) electrons. The molecule has 0 amide bonds. The van der Waals surface area contributed by atoms with Gasteiger partial charge < -0.3 is 20.1 Å². The fourth-order valence-corrected chi connectivity index (χ4v) is 8.44. The molecule has 3 saturated heterocycles. The standard InChI is InChI=1S/C31H37ClF2N6O2/c32-23-12-24(36)27(34)26-21(23)5-1-8-31(26)14-25-22(17-42-31)28(39-9-2-4-19(15-35)6-11-39)38-29(37-25)41-18-30-7-3-10-40(30)16-20(33)13-30/h12,19-20H,1-11,13-14,16-18,36H2/t19-,20-,30+,31+/m1/s1. The molecule has 4 aliphatic heterocycles. The van der Waals surface area contributed by atoms with E-state index in [-0.39, 0.29) is 29.8 Å². The monoisotopic (exact) mass is 598 g/mol. The molecule has 2 N–H and O–H groups in total. The number of aromatic nitrogens is 2.